The van der Waals surface area contributed by atoms with Gasteiger partial charge in [-0.1, -0.05) is 37.3 Å². The summed E-state index contributed by atoms with van der Waals surface area (Å²) in [6.07, 6.45) is 2.73. The molecule has 170 valence electrons. The van der Waals surface area contributed by atoms with Crippen LogP contribution in [0.5, 0.6) is 0 Å². The number of furan rings is 1. The number of aromatic nitrogens is 1. The second kappa shape index (κ2) is 9.11. The summed E-state index contributed by atoms with van der Waals surface area (Å²) in [7, 11) is 0. The Morgan fingerprint density at radius 1 is 1.06 bits per heavy atom. The molecule has 2 aromatic heterocycles. The number of nitrogens with zero attached hydrogens (tertiary/aromatic N) is 2. The number of hydrogen-bond acceptors (Lipinski definition) is 4. The number of hydrogen-bond donors (Lipinski definition) is 2. The van der Waals surface area contributed by atoms with Gasteiger partial charge in [0.1, 0.15) is 17.6 Å². The first-order chi connectivity index (χ1) is 16.5. The van der Waals surface area contributed by atoms with Crippen molar-refractivity contribution in [1.82, 2.24) is 10.3 Å². The van der Waals surface area contributed by atoms with Crippen molar-refractivity contribution in [3.8, 4) is 11.3 Å². The monoisotopic (exact) mass is 469 g/mol. The zero-order valence-electron chi connectivity index (χ0n) is 18.5. The maximum Gasteiger partial charge on any atom is 0.335 e. The first-order valence-corrected chi connectivity index (χ1v) is 11.5. The van der Waals surface area contributed by atoms with Crippen molar-refractivity contribution in [2.24, 2.45) is 0 Å². The molecule has 3 heterocycles. The van der Waals surface area contributed by atoms with Crippen molar-refractivity contribution in [2.45, 2.75) is 25.4 Å². The average Bonchev–Trinajstić information content (AvgIpc) is 3.49. The van der Waals surface area contributed by atoms with E-state index in [0.29, 0.717) is 10.9 Å². The summed E-state index contributed by atoms with van der Waals surface area (Å²) in [5.41, 5.74) is 4.13. The molecular formula is C27H23N3O3S. The fourth-order valence-corrected chi connectivity index (χ4v) is 4.60. The smallest absolute Gasteiger partial charge is 0.335 e. The molecule has 1 fully saturated rings. The highest BCUT2D eigenvalue weighted by Crippen LogP contribution is 2.42. The Balaban J connectivity index is 1.55. The number of carboxylic acid groups (broad SMARTS) is 1. The van der Waals surface area contributed by atoms with Crippen molar-refractivity contribution < 1.29 is 14.3 Å². The quantitative estimate of drug-likeness (QED) is 0.347. The Morgan fingerprint density at radius 3 is 2.47 bits per heavy atom. The van der Waals surface area contributed by atoms with Crippen LogP contribution >= 0.6 is 12.2 Å². The number of anilines is 1. The maximum absolute atomic E-state index is 11.2. The van der Waals surface area contributed by atoms with E-state index in [1.165, 1.54) is 5.56 Å². The van der Waals surface area contributed by atoms with Crippen LogP contribution in [0.3, 0.4) is 0 Å². The highest BCUT2D eigenvalue weighted by molar-refractivity contribution is 7.80. The van der Waals surface area contributed by atoms with E-state index >= 15 is 0 Å². The van der Waals surface area contributed by atoms with Gasteiger partial charge in [0.05, 0.1) is 17.3 Å². The first kappa shape index (κ1) is 21.9. The van der Waals surface area contributed by atoms with E-state index in [1.807, 2.05) is 30.3 Å². The van der Waals surface area contributed by atoms with Crippen molar-refractivity contribution in [3.63, 3.8) is 0 Å². The molecule has 0 amide bonds. The molecule has 0 radical (unpaired) electrons. The average molecular weight is 470 g/mol. The number of nitrogens with one attached hydrogen (secondary N) is 1. The van der Waals surface area contributed by atoms with E-state index < -0.39 is 5.97 Å². The van der Waals surface area contributed by atoms with Crippen molar-refractivity contribution in [1.29, 1.82) is 0 Å². The number of pyridine rings is 1. The number of rotatable bonds is 6. The highest BCUT2D eigenvalue weighted by Gasteiger charge is 2.42. The molecule has 4 aromatic rings. The number of benzene rings is 2. The van der Waals surface area contributed by atoms with E-state index in [4.69, 9.17) is 16.6 Å². The van der Waals surface area contributed by atoms with Gasteiger partial charge in [-0.2, -0.15) is 0 Å². The Kier molecular flexibility index (Phi) is 5.86. The summed E-state index contributed by atoms with van der Waals surface area (Å²) < 4.78 is 6.33. The predicted molar refractivity (Wildman–Crippen MR) is 135 cm³/mol. The summed E-state index contributed by atoms with van der Waals surface area (Å²) in [6, 6.07) is 24.3. The topological polar surface area (TPSA) is 78.6 Å². The van der Waals surface area contributed by atoms with Gasteiger partial charge in [-0.05, 0) is 72.7 Å². The summed E-state index contributed by atoms with van der Waals surface area (Å²) in [4.78, 5) is 17.8. The van der Waals surface area contributed by atoms with Gasteiger partial charge < -0.3 is 19.7 Å². The van der Waals surface area contributed by atoms with E-state index in [1.54, 1.807) is 30.5 Å². The lowest BCUT2D eigenvalue weighted by Gasteiger charge is -2.26. The van der Waals surface area contributed by atoms with Crippen LogP contribution in [0.15, 0.2) is 89.5 Å². The summed E-state index contributed by atoms with van der Waals surface area (Å²) in [6.45, 7) is 2.13. The molecule has 5 rings (SSSR count). The van der Waals surface area contributed by atoms with Gasteiger partial charge in [0.15, 0.2) is 5.11 Å². The summed E-state index contributed by atoms with van der Waals surface area (Å²) in [5.74, 6) is 0.436. The minimum absolute atomic E-state index is 0.201. The Hall–Kier alpha value is -3.97. The first-order valence-electron chi connectivity index (χ1n) is 11.1. The third kappa shape index (κ3) is 4.06. The minimum atomic E-state index is -0.958. The second-order valence-corrected chi connectivity index (χ2v) is 8.49. The van der Waals surface area contributed by atoms with Crippen LogP contribution in [0.4, 0.5) is 5.69 Å². The van der Waals surface area contributed by atoms with E-state index in [2.05, 4.69) is 46.4 Å². The normalized spacial score (nSPS) is 17.6. The van der Waals surface area contributed by atoms with Gasteiger partial charge in [0.25, 0.3) is 0 Å². The number of carboxylic acids is 1. The zero-order valence-corrected chi connectivity index (χ0v) is 19.3. The molecule has 0 aliphatic carbocycles. The van der Waals surface area contributed by atoms with Crippen molar-refractivity contribution >= 4 is 29.0 Å². The molecule has 34 heavy (non-hydrogen) atoms. The van der Waals surface area contributed by atoms with Gasteiger partial charge in [-0.15, -0.1) is 0 Å². The van der Waals surface area contributed by atoms with Gasteiger partial charge in [0.2, 0.25) is 0 Å². The molecule has 0 unspecified atom stereocenters. The van der Waals surface area contributed by atoms with Crippen LogP contribution in [-0.4, -0.2) is 21.2 Å². The van der Waals surface area contributed by atoms with E-state index in [0.717, 1.165) is 29.1 Å². The zero-order chi connectivity index (χ0) is 23.7. The molecule has 2 aromatic carbocycles. The maximum atomic E-state index is 11.2. The van der Waals surface area contributed by atoms with Crippen LogP contribution < -0.4 is 10.2 Å². The summed E-state index contributed by atoms with van der Waals surface area (Å²) in [5, 5.41) is 13.2. The summed E-state index contributed by atoms with van der Waals surface area (Å²) >= 11 is 5.77. The molecule has 0 saturated carbocycles. The van der Waals surface area contributed by atoms with Crippen LogP contribution in [0, 0.1) is 0 Å². The number of thiocarbonyl (C=S) groups is 1. The highest BCUT2D eigenvalue weighted by atomic mass is 32.1. The van der Waals surface area contributed by atoms with Crippen molar-refractivity contribution in [2.75, 3.05) is 4.90 Å². The molecule has 7 heteroatoms. The third-order valence-electron chi connectivity index (χ3n) is 6.06. The van der Waals surface area contributed by atoms with Crippen LogP contribution in [0.1, 0.15) is 46.4 Å². The molecule has 6 nitrogen and oxygen atoms in total. The number of carbonyl (C=O) groups is 1. The van der Waals surface area contributed by atoms with Crippen molar-refractivity contribution in [3.05, 3.63) is 108 Å². The molecule has 2 N–H and O–H groups in total. The van der Waals surface area contributed by atoms with E-state index in [-0.39, 0.29) is 17.6 Å². The van der Waals surface area contributed by atoms with Gasteiger partial charge in [0, 0.05) is 17.4 Å². The number of aromatic carboxylic acids is 1. The van der Waals surface area contributed by atoms with Crippen LogP contribution in [-0.2, 0) is 6.42 Å². The lowest BCUT2D eigenvalue weighted by Crippen LogP contribution is -2.29. The van der Waals surface area contributed by atoms with Crippen LogP contribution in [0.2, 0.25) is 0 Å². The molecule has 2 atom stereocenters. The Bertz CT molecular complexity index is 1320. The Labute approximate surface area is 202 Å². The van der Waals surface area contributed by atoms with Gasteiger partial charge in [-0.3, -0.25) is 4.98 Å². The SMILES string of the molecule is CCc1ccc(N2C(=S)N[C@H](c3ccccn3)[C@H]2c2ccc(-c3ccc(C(=O)O)cc3)o2)cc1. The molecule has 1 saturated heterocycles. The largest absolute Gasteiger partial charge is 0.478 e. The second-order valence-electron chi connectivity index (χ2n) is 8.10. The molecule has 0 spiro atoms. The number of aryl methyl sites for hydroxylation is 1. The van der Waals surface area contributed by atoms with Crippen LogP contribution in [0.25, 0.3) is 11.3 Å². The standard InChI is InChI=1S/C27H23N3O3S/c1-2-17-6-12-20(13-7-17)30-25(24(29-27(30)34)21-5-3-4-16-28-21)23-15-14-22(33-23)18-8-10-19(11-9-18)26(31)32/h3-16,24-25H,2H2,1H3,(H,29,34)(H,31,32)/t24-,25-/m1/s1. The lowest BCUT2D eigenvalue weighted by molar-refractivity contribution is 0.0697. The molecule has 1 aliphatic rings. The molecular weight excluding hydrogens is 446 g/mol. The molecule has 1 aliphatic heterocycles. The lowest BCUT2D eigenvalue weighted by atomic mass is 10.0. The Morgan fingerprint density at radius 2 is 1.82 bits per heavy atom. The van der Waals surface area contributed by atoms with Gasteiger partial charge in [-0.25, -0.2) is 4.79 Å². The predicted octanol–water partition coefficient (Wildman–Crippen LogP) is 5.78. The molecule has 0 bridgehead atoms. The van der Waals surface area contributed by atoms with E-state index in [9.17, 15) is 9.90 Å². The third-order valence-corrected chi connectivity index (χ3v) is 6.37. The fraction of sp³-hybridized carbons (Fsp3) is 0.148. The van der Waals surface area contributed by atoms with Gasteiger partial charge >= 0.3 is 5.97 Å². The minimum Gasteiger partial charge on any atom is -0.478 e. The fourth-order valence-electron chi connectivity index (χ4n) is 4.26.